The minimum atomic E-state index is -3.71. The smallest absolute Gasteiger partial charge is 0.257 e. The van der Waals surface area contributed by atoms with Crippen LogP contribution in [0.4, 0.5) is 22.7 Å². The molecular formula is C25H24ClN4O7S2-. The van der Waals surface area contributed by atoms with Crippen molar-refractivity contribution >= 4 is 67.5 Å². The molecule has 2 N–H and O–H groups in total. The number of rotatable bonds is 8. The van der Waals surface area contributed by atoms with E-state index in [-0.39, 0.29) is 45.9 Å². The second kappa shape index (κ2) is 12.2. The van der Waals surface area contributed by atoms with Gasteiger partial charge in [-0.3, -0.25) is 18.1 Å². The third-order valence-electron chi connectivity index (χ3n) is 5.71. The molecule has 14 heteroatoms. The van der Waals surface area contributed by atoms with Gasteiger partial charge in [-0.2, -0.15) is 4.31 Å². The largest absolute Gasteiger partial charge is 0.755 e. The number of nitrogens with zero attached hydrogens (tertiary/aromatic N) is 2. The summed E-state index contributed by atoms with van der Waals surface area (Å²) in [5.41, 5.74) is 0.968. The van der Waals surface area contributed by atoms with Crippen LogP contribution in [0, 0.1) is 0 Å². The maximum atomic E-state index is 13.3. The van der Waals surface area contributed by atoms with Crippen LogP contribution in [-0.2, 0) is 30.8 Å². The predicted molar refractivity (Wildman–Crippen MR) is 147 cm³/mol. The molecule has 3 aromatic rings. The van der Waals surface area contributed by atoms with Crippen LogP contribution in [0.15, 0.2) is 71.6 Å². The van der Waals surface area contributed by atoms with Gasteiger partial charge in [-0.25, -0.2) is 8.42 Å². The Kier molecular flexibility index (Phi) is 9.00. The summed E-state index contributed by atoms with van der Waals surface area (Å²) in [4.78, 5) is 24.6. The molecule has 39 heavy (non-hydrogen) atoms. The fourth-order valence-corrected chi connectivity index (χ4v) is 6.09. The highest BCUT2D eigenvalue weighted by atomic mass is 35.5. The van der Waals surface area contributed by atoms with Crippen molar-refractivity contribution < 1.29 is 31.5 Å². The van der Waals surface area contributed by atoms with Crippen LogP contribution < -0.4 is 14.9 Å². The van der Waals surface area contributed by atoms with Gasteiger partial charge in [0.15, 0.2) is 0 Å². The van der Waals surface area contributed by atoms with Gasteiger partial charge < -0.3 is 19.9 Å². The molecule has 3 aromatic carbocycles. The molecule has 1 fully saturated rings. The van der Waals surface area contributed by atoms with Gasteiger partial charge in [0.05, 0.1) is 46.3 Å². The lowest BCUT2D eigenvalue weighted by atomic mass is 10.1. The van der Waals surface area contributed by atoms with Crippen molar-refractivity contribution in [2.45, 2.75) is 11.8 Å². The average Bonchev–Trinajstić information content (AvgIpc) is 2.91. The Labute approximate surface area is 233 Å². The molecule has 0 aliphatic carbocycles. The standard InChI is InChI=1S/C25H25ClN4O7S2/c1-17(31)27-19-3-7-21(8-4-19)30(38(33)34)24-11-2-18(26)16-23(24)25(32)28-20-5-9-22(10-6-20)39(35,36)29-12-14-37-15-13-29/h2-11,16H,12-15H2,1H3,(H,27,31)(H,28,32)(H,33,34)/p-1. The summed E-state index contributed by atoms with van der Waals surface area (Å²) >= 11 is 3.31. The number of hydrogen-bond acceptors (Lipinski definition) is 7. The van der Waals surface area contributed by atoms with Crippen LogP contribution in [0.5, 0.6) is 0 Å². The second-order valence-electron chi connectivity index (χ2n) is 8.40. The summed E-state index contributed by atoms with van der Waals surface area (Å²) in [5, 5.41) is 5.46. The highest BCUT2D eigenvalue weighted by Gasteiger charge is 2.26. The lowest BCUT2D eigenvalue weighted by Crippen LogP contribution is -2.40. The quantitative estimate of drug-likeness (QED) is 0.381. The van der Waals surface area contributed by atoms with E-state index in [1.54, 1.807) is 0 Å². The van der Waals surface area contributed by atoms with Crippen molar-refractivity contribution in [1.29, 1.82) is 0 Å². The van der Waals surface area contributed by atoms with Crippen LogP contribution in [0.2, 0.25) is 5.02 Å². The average molecular weight is 592 g/mol. The molecule has 1 aliphatic rings. The summed E-state index contributed by atoms with van der Waals surface area (Å²) in [7, 11) is -3.71. The van der Waals surface area contributed by atoms with E-state index in [0.717, 1.165) is 4.31 Å². The first-order valence-electron chi connectivity index (χ1n) is 11.6. The molecule has 4 rings (SSSR count). The fraction of sp³-hybridized carbons (Fsp3) is 0.200. The van der Waals surface area contributed by atoms with Crippen molar-refractivity contribution in [3.8, 4) is 0 Å². The highest BCUT2D eigenvalue weighted by molar-refractivity contribution is 7.89. The van der Waals surface area contributed by atoms with E-state index in [9.17, 15) is 26.8 Å². The van der Waals surface area contributed by atoms with Gasteiger partial charge in [0.1, 0.15) is 0 Å². The van der Waals surface area contributed by atoms with E-state index >= 15 is 0 Å². The number of ether oxygens (including phenoxy) is 1. The predicted octanol–water partition coefficient (Wildman–Crippen LogP) is 3.50. The van der Waals surface area contributed by atoms with Gasteiger partial charge in [0, 0.05) is 36.4 Å². The number of anilines is 4. The first-order chi connectivity index (χ1) is 18.6. The molecule has 206 valence electrons. The molecule has 0 radical (unpaired) electrons. The summed E-state index contributed by atoms with van der Waals surface area (Å²) < 4.78 is 57.7. The molecule has 0 spiro atoms. The van der Waals surface area contributed by atoms with Crippen LogP contribution in [0.1, 0.15) is 17.3 Å². The van der Waals surface area contributed by atoms with Crippen LogP contribution in [-0.4, -0.2) is 59.6 Å². The molecule has 2 amide bonds. The Morgan fingerprint density at radius 2 is 1.56 bits per heavy atom. The summed E-state index contributed by atoms with van der Waals surface area (Å²) in [6.45, 7) is 2.50. The first-order valence-corrected chi connectivity index (χ1v) is 14.5. The van der Waals surface area contributed by atoms with Crippen molar-refractivity contribution in [1.82, 2.24) is 4.31 Å². The molecule has 0 saturated carbocycles. The summed E-state index contributed by atoms with van der Waals surface area (Å²) in [5.74, 6) is -0.947. The Balaban J connectivity index is 1.59. The minimum absolute atomic E-state index is 0.0315. The Hall–Kier alpha value is -3.33. The minimum Gasteiger partial charge on any atom is -0.755 e. The van der Waals surface area contributed by atoms with Gasteiger partial charge in [0.2, 0.25) is 15.9 Å². The Morgan fingerprint density at radius 3 is 2.15 bits per heavy atom. The maximum Gasteiger partial charge on any atom is 0.257 e. The molecule has 0 aromatic heterocycles. The first kappa shape index (κ1) is 28.7. The number of carbonyl (C=O) groups excluding carboxylic acids is 2. The molecule has 11 nitrogen and oxygen atoms in total. The molecule has 1 atom stereocenters. The van der Waals surface area contributed by atoms with Gasteiger partial charge in [-0.05, 0) is 66.7 Å². The lowest BCUT2D eigenvalue weighted by Gasteiger charge is -2.28. The van der Waals surface area contributed by atoms with Crippen molar-refractivity contribution in [3.05, 3.63) is 77.3 Å². The number of carbonyl (C=O) groups is 2. The van der Waals surface area contributed by atoms with E-state index in [4.69, 9.17) is 16.3 Å². The lowest BCUT2D eigenvalue weighted by molar-refractivity contribution is -0.114. The fourth-order valence-electron chi connectivity index (χ4n) is 3.90. The number of morpholine rings is 1. The Morgan fingerprint density at radius 1 is 0.974 bits per heavy atom. The van der Waals surface area contributed by atoms with E-state index in [2.05, 4.69) is 10.6 Å². The highest BCUT2D eigenvalue weighted by Crippen LogP contribution is 2.33. The summed E-state index contributed by atoms with van der Waals surface area (Å²) in [6.07, 6.45) is 0. The van der Waals surface area contributed by atoms with Crippen LogP contribution >= 0.6 is 11.6 Å². The zero-order chi connectivity index (χ0) is 28.2. The molecule has 1 aliphatic heterocycles. The van der Waals surface area contributed by atoms with Crippen molar-refractivity contribution in [2.75, 3.05) is 41.2 Å². The SMILES string of the molecule is CC(=O)Nc1ccc(N(c2ccc(Cl)cc2C(=O)Nc2ccc(S(=O)(=O)N3CCOCC3)cc2)S(=O)[O-])cc1. The number of halogens is 1. The van der Waals surface area contributed by atoms with Crippen LogP contribution in [0.25, 0.3) is 0 Å². The molecular weight excluding hydrogens is 568 g/mol. The number of amides is 2. The van der Waals surface area contributed by atoms with Crippen molar-refractivity contribution in [3.63, 3.8) is 0 Å². The van der Waals surface area contributed by atoms with E-state index in [1.807, 2.05) is 0 Å². The summed E-state index contributed by atoms with van der Waals surface area (Å²) in [6, 6.07) is 15.8. The molecule has 0 bridgehead atoms. The monoisotopic (exact) mass is 591 g/mol. The third-order valence-corrected chi connectivity index (χ3v) is 8.57. The van der Waals surface area contributed by atoms with E-state index in [0.29, 0.717) is 24.6 Å². The number of sulfonamides is 1. The van der Waals surface area contributed by atoms with Crippen LogP contribution in [0.3, 0.4) is 0 Å². The maximum absolute atomic E-state index is 13.3. The molecule has 1 saturated heterocycles. The zero-order valence-corrected chi connectivity index (χ0v) is 23.0. The third kappa shape index (κ3) is 6.82. The number of nitrogens with one attached hydrogen (secondary N) is 2. The molecule has 1 unspecified atom stereocenters. The van der Waals surface area contributed by atoms with Crippen molar-refractivity contribution in [2.24, 2.45) is 0 Å². The van der Waals surface area contributed by atoms with E-state index < -0.39 is 27.2 Å². The van der Waals surface area contributed by atoms with Gasteiger partial charge >= 0.3 is 0 Å². The zero-order valence-electron chi connectivity index (χ0n) is 20.6. The normalized spacial score (nSPS) is 14.8. The van der Waals surface area contributed by atoms with E-state index in [1.165, 1.54) is 78.0 Å². The number of hydrogen-bond donors (Lipinski definition) is 2. The topological polar surface area (TPSA) is 148 Å². The Bertz CT molecular complexity index is 1490. The van der Waals surface area contributed by atoms with Gasteiger partial charge in [0.25, 0.3) is 5.91 Å². The number of benzene rings is 3. The van der Waals surface area contributed by atoms with Gasteiger partial charge in [-0.15, -0.1) is 0 Å². The molecule has 1 heterocycles. The van der Waals surface area contributed by atoms with Gasteiger partial charge in [-0.1, -0.05) is 11.6 Å². The second-order valence-corrected chi connectivity index (χ2v) is 11.6.